The Balaban J connectivity index is 1.46. The van der Waals surface area contributed by atoms with Crippen molar-refractivity contribution in [2.45, 2.75) is 108 Å². The lowest BCUT2D eigenvalue weighted by Gasteiger charge is -2.60. The number of aromatic hydroxyl groups is 1. The second kappa shape index (κ2) is 10.1. The molecule has 8 heteroatoms. The van der Waals surface area contributed by atoms with Crippen LogP contribution in [-0.2, 0) is 6.42 Å². The first-order valence-electron chi connectivity index (χ1n) is 13.5. The fraction of sp³-hybridized carbons (Fsp3) is 0.724. The number of unbranched alkanes of at least 4 members (excludes halogenated alkanes) is 3. The number of aliphatic hydroxyl groups excluding tert-OH is 2. The summed E-state index contributed by atoms with van der Waals surface area (Å²) in [4.78, 5) is 0. The first-order chi connectivity index (χ1) is 17.3. The highest BCUT2D eigenvalue weighted by Crippen LogP contribution is 2.69. The number of benzene rings is 1. The van der Waals surface area contributed by atoms with Crippen LogP contribution < -0.4 is 0 Å². The molecule has 0 spiro atoms. The Morgan fingerprint density at radius 3 is 2.49 bits per heavy atom. The van der Waals surface area contributed by atoms with E-state index in [1.54, 1.807) is 6.07 Å². The average molecular weight is 531 g/mol. The minimum atomic E-state index is -5.75. The molecule has 0 bridgehead atoms. The Hall–Kier alpha value is -1.67. The predicted molar refractivity (Wildman–Crippen MR) is 131 cm³/mol. The van der Waals surface area contributed by atoms with E-state index >= 15 is 0 Å². The van der Waals surface area contributed by atoms with Crippen molar-refractivity contribution in [2.75, 3.05) is 0 Å². The van der Waals surface area contributed by atoms with Crippen LogP contribution in [0.25, 0.3) is 0 Å². The highest BCUT2D eigenvalue weighted by atomic mass is 19.4. The molecule has 2 saturated carbocycles. The molecule has 1 aromatic rings. The summed E-state index contributed by atoms with van der Waals surface area (Å²) >= 11 is 0. The van der Waals surface area contributed by atoms with Crippen LogP contribution in [-0.4, -0.2) is 39.6 Å². The van der Waals surface area contributed by atoms with Crippen molar-refractivity contribution in [3.8, 4) is 5.75 Å². The van der Waals surface area contributed by atoms with Crippen LogP contribution in [0.5, 0.6) is 5.75 Å². The summed E-state index contributed by atoms with van der Waals surface area (Å²) in [5.41, 5.74) is 1.99. The molecule has 7 atom stereocenters. The van der Waals surface area contributed by atoms with Gasteiger partial charge in [0.05, 0.1) is 6.10 Å². The van der Waals surface area contributed by atoms with Gasteiger partial charge < -0.3 is 15.3 Å². The highest BCUT2D eigenvalue weighted by Gasteiger charge is 2.63. The second-order valence-corrected chi connectivity index (χ2v) is 11.9. The van der Waals surface area contributed by atoms with Crippen molar-refractivity contribution in [3.05, 3.63) is 42.0 Å². The van der Waals surface area contributed by atoms with Crippen LogP contribution in [0, 0.1) is 22.7 Å². The van der Waals surface area contributed by atoms with Crippen molar-refractivity contribution >= 4 is 0 Å². The van der Waals surface area contributed by atoms with Gasteiger partial charge in [-0.3, -0.25) is 0 Å². The topological polar surface area (TPSA) is 60.7 Å². The first-order valence-corrected chi connectivity index (χ1v) is 13.5. The van der Waals surface area contributed by atoms with E-state index in [2.05, 4.69) is 19.6 Å². The lowest BCUT2D eigenvalue weighted by Crippen LogP contribution is -2.54. The van der Waals surface area contributed by atoms with E-state index in [0.717, 1.165) is 50.5 Å². The molecular weight excluding hydrogens is 491 g/mol. The van der Waals surface area contributed by atoms with Crippen molar-refractivity contribution in [3.63, 3.8) is 0 Å². The maximum absolute atomic E-state index is 13.3. The zero-order valence-corrected chi connectivity index (χ0v) is 21.4. The number of rotatable bonds is 9. The van der Waals surface area contributed by atoms with Crippen LogP contribution >= 0.6 is 0 Å². The predicted octanol–water partition coefficient (Wildman–Crippen LogP) is 7.29. The van der Waals surface area contributed by atoms with E-state index in [4.69, 9.17) is 0 Å². The fourth-order valence-corrected chi connectivity index (χ4v) is 8.16. The van der Waals surface area contributed by atoms with Gasteiger partial charge in [0.1, 0.15) is 11.9 Å². The van der Waals surface area contributed by atoms with Crippen LogP contribution in [0.2, 0.25) is 0 Å². The van der Waals surface area contributed by atoms with Gasteiger partial charge in [0.15, 0.2) is 0 Å². The summed E-state index contributed by atoms with van der Waals surface area (Å²) < 4.78 is 63.9. The largest absolute Gasteiger partial charge is 0.508 e. The van der Waals surface area contributed by atoms with E-state index in [9.17, 15) is 37.3 Å². The Kier molecular flexibility index (Phi) is 7.77. The SMILES string of the molecule is C=C[C@@]12CCc3cc(O)ccc3[C@H]1[C@@H](CCCCCC[C@H](O)C(F)(F)C(F)(F)F)C[C@@]1(C)[C@H]2CC[C@@H]1O. The molecule has 3 aliphatic carbocycles. The number of hydrogen-bond acceptors (Lipinski definition) is 3. The van der Waals surface area contributed by atoms with Gasteiger partial charge in [-0.05, 0) is 96.8 Å². The van der Waals surface area contributed by atoms with Gasteiger partial charge in [-0.15, -0.1) is 6.58 Å². The molecular formula is C29H39F5O3. The van der Waals surface area contributed by atoms with Crippen LogP contribution in [0.1, 0.15) is 88.2 Å². The van der Waals surface area contributed by atoms with Crippen LogP contribution in [0.15, 0.2) is 30.9 Å². The molecule has 1 aromatic carbocycles. The maximum Gasteiger partial charge on any atom is 0.456 e. The number of aliphatic hydroxyl groups is 2. The third-order valence-corrected chi connectivity index (χ3v) is 9.96. The van der Waals surface area contributed by atoms with E-state index in [-0.39, 0.29) is 40.9 Å². The lowest BCUT2D eigenvalue weighted by atomic mass is 9.44. The number of fused-ring (bicyclic) bond motifs is 5. The van der Waals surface area contributed by atoms with Gasteiger partial charge in [-0.1, -0.05) is 44.7 Å². The van der Waals surface area contributed by atoms with Gasteiger partial charge in [0.25, 0.3) is 0 Å². The number of alkyl halides is 5. The summed E-state index contributed by atoms with van der Waals surface area (Å²) in [7, 11) is 0. The van der Waals surface area contributed by atoms with E-state index in [1.807, 2.05) is 12.1 Å². The Morgan fingerprint density at radius 2 is 1.81 bits per heavy atom. The van der Waals surface area contributed by atoms with Crippen LogP contribution in [0.3, 0.4) is 0 Å². The van der Waals surface area contributed by atoms with Gasteiger partial charge in [-0.25, -0.2) is 0 Å². The quantitative estimate of drug-likeness (QED) is 0.179. The normalized spacial score (nSPS) is 34.4. The number of phenolic OH excluding ortho intramolecular Hbond substituents is 1. The molecule has 3 aliphatic rings. The number of phenols is 1. The fourth-order valence-electron chi connectivity index (χ4n) is 8.16. The maximum atomic E-state index is 13.3. The number of aryl methyl sites for hydroxylation is 1. The third-order valence-electron chi connectivity index (χ3n) is 9.96. The molecule has 3 nitrogen and oxygen atoms in total. The van der Waals surface area contributed by atoms with Gasteiger partial charge >= 0.3 is 12.1 Å². The number of halogens is 5. The summed E-state index contributed by atoms with van der Waals surface area (Å²) in [6, 6.07) is 5.60. The summed E-state index contributed by atoms with van der Waals surface area (Å²) in [5, 5.41) is 30.5. The molecule has 3 N–H and O–H groups in total. The zero-order valence-electron chi connectivity index (χ0n) is 21.4. The van der Waals surface area contributed by atoms with E-state index < -0.39 is 24.6 Å². The monoisotopic (exact) mass is 530 g/mol. The van der Waals surface area contributed by atoms with Crippen molar-refractivity contribution in [2.24, 2.45) is 22.7 Å². The lowest BCUT2D eigenvalue weighted by molar-refractivity contribution is -0.313. The Bertz CT molecular complexity index is 979. The van der Waals surface area contributed by atoms with Gasteiger partial charge in [-0.2, -0.15) is 22.0 Å². The molecule has 4 rings (SSSR count). The summed E-state index contributed by atoms with van der Waals surface area (Å²) in [6.07, 6.45) is -0.170. The molecule has 37 heavy (non-hydrogen) atoms. The minimum Gasteiger partial charge on any atom is -0.508 e. The molecule has 0 radical (unpaired) electrons. The molecule has 2 fully saturated rings. The highest BCUT2D eigenvalue weighted by molar-refractivity contribution is 5.43. The molecule has 0 heterocycles. The summed E-state index contributed by atoms with van der Waals surface area (Å²) in [5.74, 6) is -4.09. The molecule has 0 amide bonds. The van der Waals surface area contributed by atoms with Gasteiger partial charge in [0.2, 0.25) is 0 Å². The molecule has 0 unspecified atom stereocenters. The minimum absolute atomic E-state index is 0.0954. The van der Waals surface area contributed by atoms with Crippen molar-refractivity contribution in [1.29, 1.82) is 0 Å². The Labute approximate surface area is 215 Å². The number of allylic oxidation sites excluding steroid dienone is 1. The first kappa shape index (κ1) is 28.3. The Morgan fingerprint density at radius 1 is 1.11 bits per heavy atom. The molecule has 0 aromatic heterocycles. The van der Waals surface area contributed by atoms with E-state index in [0.29, 0.717) is 18.8 Å². The molecule has 0 saturated heterocycles. The smallest absolute Gasteiger partial charge is 0.456 e. The van der Waals surface area contributed by atoms with Gasteiger partial charge in [0, 0.05) is 0 Å². The second-order valence-electron chi connectivity index (χ2n) is 11.9. The molecule has 208 valence electrons. The van der Waals surface area contributed by atoms with Crippen LogP contribution in [0.4, 0.5) is 22.0 Å². The average Bonchev–Trinajstić information content (AvgIpc) is 3.14. The standard InChI is InChI=1S/C29H39F5O3/c1-3-27-15-14-18-16-20(35)10-11-21(18)25(27)19(17-26(2)22(27)12-13-23(26)36)8-6-4-5-7-9-24(37)28(30,31)29(32,33)34/h3,10-11,16,19,22-25,35-37H,1,4-9,12-15,17H2,2H3/t19-,22+,23-,24-,25+,26-,27-/m0/s1. The van der Waals surface area contributed by atoms with Crippen molar-refractivity contribution < 1.29 is 37.3 Å². The number of hydrogen-bond donors (Lipinski definition) is 3. The van der Waals surface area contributed by atoms with E-state index in [1.165, 1.54) is 5.56 Å². The summed E-state index contributed by atoms with van der Waals surface area (Å²) in [6.45, 7) is 6.47. The molecule has 0 aliphatic heterocycles. The third kappa shape index (κ3) is 4.81. The zero-order chi connectivity index (χ0) is 27.2. The van der Waals surface area contributed by atoms with Crippen molar-refractivity contribution in [1.82, 2.24) is 0 Å².